The van der Waals surface area contributed by atoms with Crippen LogP contribution in [0.3, 0.4) is 0 Å². The van der Waals surface area contributed by atoms with Gasteiger partial charge in [-0.25, -0.2) is 8.42 Å². The van der Waals surface area contributed by atoms with Crippen molar-refractivity contribution in [3.05, 3.63) is 24.3 Å². The third-order valence-electron chi connectivity index (χ3n) is 3.93. The van der Waals surface area contributed by atoms with Gasteiger partial charge in [-0.3, -0.25) is 4.79 Å². The minimum absolute atomic E-state index is 0.179. The van der Waals surface area contributed by atoms with Crippen LogP contribution < -0.4 is 5.32 Å². The third kappa shape index (κ3) is 4.55. The second-order valence-electron chi connectivity index (χ2n) is 5.92. The van der Waals surface area contributed by atoms with Gasteiger partial charge in [0.25, 0.3) is 5.91 Å². The van der Waals surface area contributed by atoms with Gasteiger partial charge in [0.1, 0.15) is 6.10 Å². The van der Waals surface area contributed by atoms with Gasteiger partial charge in [0.2, 0.25) is 10.0 Å². The van der Waals surface area contributed by atoms with E-state index in [0.29, 0.717) is 25.4 Å². The molecule has 1 amide bonds. The Morgan fingerprint density at radius 3 is 2.33 bits per heavy atom. The second kappa shape index (κ2) is 8.60. The zero-order valence-corrected chi connectivity index (χ0v) is 15.1. The predicted octanol–water partition coefficient (Wildman–Crippen LogP) is 2.61. The fraction of sp³-hybridized carbons (Fsp3) is 0.588. The summed E-state index contributed by atoms with van der Waals surface area (Å²) in [7, 11) is -3.49. The average molecular weight is 354 g/mol. The highest BCUT2D eigenvalue weighted by Crippen LogP contribution is 2.20. The normalized spacial score (nSPS) is 18.0. The summed E-state index contributed by atoms with van der Waals surface area (Å²) in [5.41, 5.74) is 0.576. The molecular formula is C17H26N2O4S. The van der Waals surface area contributed by atoms with E-state index in [4.69, 9.17) is 4.74 Å². The summed E-state index contributed by atoms with van der Waals surface area (Å²) in [6.45, 7) is 5.55. The van der Waals surface area contributed by atoms with Gasteiger partial charge >= 0.3 is 0 Å². The summed E-state index contributed by atoms with van der Waals surface area (Å²) in [6, 6.07) is 6.32. The van der Waals surface area contributed by atoms with E-state index >= 15 is 0 Å². The number of carbonyl (C=O) groups is 1. The number of nitrogens with zero attached hydrogens (tertiary/aromatic N) is 1. The van der Waals surface area contributed by atoms with Gasteiger partial charge in [-0.15, -0.1) is 0 Å². The molecule has 1 aromatic rings. The zero-order valence-electron chi connectivity index (χ0n) is 14.3. The second-order valence-corrected chi connectivity index (χ2v) is 7.86. The maximum atomic E-state index is 12.7. The molecule has 1 aromatic carbocycles. The number of sulfonamides is 1. The molecule has 1 N–H and O–H groups in total. The molecule has 24 heavy (non-hydrogen) atoms. The molecule has 134 valence electrons. The van der Waals surface area contributed by atoms with Crippen molar-refractivity contribution in [3.8, 4) is 0 Å². The van der Waals surface area contributed by atoms with Crippen LogP contribution in [0, 0.1) is 0 Å². The first kappa shape index (κ1) is 18.9. The molecule has 0 aromatic heterocycles. The van der Waals surface area contributed by atoms with Gasteiger partial charge in [-0.1, -0.05) is 13.8 Å². The van der Waals surface area contributed by atoms with Crippen molar-refractivity contribution < 1.29 is 17.9 Å². The van der Waals surface area contributed by atoms with E-state index in [9.17, 15) is 13.2 Å². The lowest BCUT2D eigenvalue weighted by Gasteiger charge is -2.21. The lowest BCUT2D eigenvalue weighted by atomic mass is 10.2. The van der Waals surface area contributed by atoms with E-state index in [1.54, 1.807) is 24.3 Å². The SMILES string of the molecule is CCCN(CCC)S(=O)(=O)c1ccc(NC(=O)[C@H]2CCCO2)cc1. The van der Waals surface area contributed by atoms with E-state index in [-0.39, 0.29) is 10.8 Å². The molecule has 1 atom stereocenters. The van der Waals surface area contributed by atoms with Crippen LogP contribution >= 0.6 is 0 Å². The van der Waals surface area contributed by atoms with E-state index in [1.807, 2.05) is 13.8 Å². The molecule has 1 heterocycles. The maximum Gasteiger partial charge on any atom is 0.253 e. The molecule has 0 aliphatic carbocycles. The topological polar surface area (TPSA) is 75.7 Å². The Morgan fingerprint density at radius 2 is 1.83 bits per heavy atom. The smallest absolute Gasteiger partial charge is 0.253 e. The van der Waals surface area contributed by atoms with Gasteiger partial charge in [-0.05, 0) is 49.9 Å². The van der Waals surface area contributed by atoms with Crippen molar-refractivity contribution in [1.82, 2.24) is 4.31 Å². The Balaban J connectivity index is 2.08. The fourth-order valence-corrected chi connectivity index (χ4v) is 4.34. The van der Waals surface area contributed by atoms with Crippen LogP contribution in [0.5, 0.6) is 0 Å². The Labute approximate surface area is 144 Å². The number of amides is 1. The first-order chi connectivity index (χ1) is 11.5. The minimum atomic E-state index is -3.49. The van der Waals surface area contributed by atoms with Gasteiger partial charge in [0.05, 0.1) is 4.90 Å². The van der Waals surface area contributed by atoms with Crippen LogP contribution in [0.2, 0.25) is 0 Å². The highest BCUT2D eigenvalue weighted by molar-refractivity contribution is 7.89. The number of rotatable bonds is 8. The molecule has 1 fully saturated rings. The molecule has 0 saturated carbocycles. The number of anilines is 1. The number of ether oxygens (including phenoxy) is 1. The van der Waals surface area contributed by atoms with E-state index in [1.165, 1.54) is 4.31 Å². The molecule has 1 saturated heterocycles. The van der Waals surface area contributed by atoms with Gasteiger partial charge in [0.15, 0.2) is 0 Å². The fourth-order valence-electron chi connectivity index (χ4n) is 2.72. The number of carbonyl (C=O) groups excluding carboxylic acids is 1. The molecule has 1 aliphatic rings. The summed E-state index contributed by atoms with van der Waals surface area (Å²) in [5.74, 6) is -0.179. The monoisotopic (exact) mass is 354 g/mol. The van der Waals surface area contributed by atoms with Crippen molar-refractivity contribution in [3.63, 3.8) is 0 Å². The minimum Gasteiger partial charge on any atom is -0.368 e. The number of nitrogens with one attached hydrogen (secondary N) is 1. The highest BCUT2D eigenvalue weighted by atomic mass is 32.2. The summed E-state index contributed by atoms with van der Waals surface area (Å²) < 4.78 is 32.2. The zero-order chi connectivity index (χ0) is 17.6. The Bertz CT molecular complexity index is 631. The summed E-state index contributed by atoms with van der Waals surface area (Å²) >= 11 is 0. The molecule has 1 aliphatic heterocycles. The lowest BCUT2D eigenvalue weighted by molar-refractivity contribution is -0.124. The van der Waals surface area contributed by atoms with Gasteiger partial charge in [0, 0.05) is 25.4 Å². The molecule has 0 radical (unpaired) electrons. The Kier molecular flexibility index (Phi) is 6.77. The first-order valence-corrected chi connectivity index (χ1v) is 9.95. The van der Waals surface area contributed by atoms with E-state index < -0.39 is 16.1 Å². The summed E-state index contributed by atoms with van der Waals surface area (Å²) in [6.07, 6.45) is 2.75. The average Bonchev–Trinajstić information content (AvgIpc) is 3.10. The summed E-state index contributed by atoms with van der Waals surface area (Å²) in [4.78, 5) is 12.3. The van der Waals surface area contributed by atoms with Crippen LogP contribution in [-0.4, -0.2) is 44.4 Å². The Hall–Kier alpha value is -1.44. The molecular weight excluding hydrogens is 328 g/mol. The summed E-state index contributed by atoms with van der Waals surface area (Å²) in [5, 5.41) is 2.77. The van der Waals surface area contributed by atoms with E-state index in [2.05, 4.69) is 5.32 Å². The number of hydrogen-bond acceptors (Lipinski definition) is 4. The predicted molar refractivity (Wildman–Crippen MR) is 93.4 cm³/mol. The van der Waals surface area contributed by atoms with Crippen LogP contribution in [0.25, 0.3) is 0 Å². The van der Waals surface area contributed by atoms with E-state index in [0.717, 1.165) is 25.7 Å². The van der Waals surface area contributed by atoms with Crippen LogP contribution in [0.1, 0.15) is 39.5 Å². The largest absolute Gasteiger partial charge is 0.368 e. The molecule has 2 rings (SSSR count). The van der Waals surface area contributed by atoms with Crippen LogP contribution in [-0.2, 0) is 19.6 Å². The molecule has 6 nitrogen and oxygen atoms in total. The van der Waals surface area contributed by atoms with Gasteiger partial charge < -0.3 is 10.1 Å². The lowest BCUT2D eigenvalue weighted by Crippen LogP contribution is -2.32. The highest BCUT2D eigenvalue weighted by Gasteiger charge is 2.25. The molecule has 0 spiro atoms. The van der Waals surface area contributed by atoms with Crippen molar-refractivity contribution >= 4 is 21.6 Å². The number of benzene rings is 1. The van der Waals surface area contributed by atoms with Crippen molar-refractivity contribution in [1.29, 1.82) is 0 Å². The van der Waals surface area contributed by atoms with Crippen LogP contribution in [0.4, 0.5) is 5.69 Å². The molecule has 0 unspecified atom stereocenters. The van der Waals surface area contributed by atoms with Crippen molar-refractivity contribution in [2.45, 2.75) is 50.5 Å². The first-order valence-electron chi connectivity index (χ1n) is 8.51. The molecule has 0 bridgehead atoms. The quantitative estimate of drug-likeness (QED) is 0.779. The Morgan fingerprint density at radius 1 is 1.21 bits per heavy atom. The van der Waals surface area contributed by atoms with Crippen molar-refractivity contribution in [2.75, 3.05) is 25.0 Å². The maximum absolute atomic E-state index is 12.7. The van der Waals surface area contributed by atoms with Gasteiger partial charge in [-0.2, -0.15) is 4.31 Å². The van der Waals surface area contributed by atoms with Crippen molar-refractivity contribution in [2.24, 2.45) is 0 Å². The number of hydrogen-bond donors (Lipinski definition) is 1. The molecule has 7 heteroatoms. The standard InChI is InChI=1S/C17H26N2O4S/c1-3-11-19(12-4-2)24(21,22)15-9-7-14(8-10-15)18-17(20)16-6-5-13-23-16/h7-10,16H,3-6,11-13H2,1-2H3,(H,18,20)/t16-/m1/s1. The third-order valence-corrected chi connectivity index (χ3v) is 5.84. The van der Waals surface area contributed by atoms with Crippen LogP contribution in [0.15, 0.2) is 29.2 Å².